The van der Waals surface area contributed by atoms with Crippen LogP contribution in [-0.2, 0) is 14.3 Å². The second-order valence-corrected chi connectivity index (χ2v) is 8.22. The van der Waals surface area contributed by atoms with Crippen LogP contribution in [0.15, 0.2) is 48.5 Å². The van der Waals surface area contributed by atoms with Crippen LogP contribution in [0.3, 0.4) is 0 Å². The first-order chi connectivity index (χ1) is 16.0. The number of likely N-dealkylation sites (N-methyl/N-ethyl adjacent to an activating group) is 1. The Morgan fingerprint density at radius 2 is 1.85 bits per heavy atom. The van der Waals surface area contributed by atoms with Crippen molar-refractivity contribution in [3.05, 3.63) is 54.1 Å². The zero-order valence-electron chi connectivity index (χ0n) is 19.7. The molecule has 1 aliphatic heterocycles. The van der Waals surface area contributed by atoms with Crippen LogP contribution in [0.2, 0.25) is 0 Å². The van der Waals surface area contributed by atoms with Crippen molar-refractivity contribution in [2.45, 2.75) is 33.1 Å². The molecule has 0 aromatic heterocycles. The zero-order chi connectivity index (χ0) is 23.5. The molecule has 7 nitrogen and oxygen atoms in total. The highest BCUT2D eigenvalue weighted by molar-refractivity contribution is 5.94. The molecule has 2 amide bonds. The van der Waals surface area contributed by atoms with Gasteiger partial charge in [-0.05, 0) is 68.7 Å². The monoisotopic (exact) mass is 453 g/mol. The number of carbonyl (C=O) groups is 2. The van der Waals surface area contributed by atoms with Gasteiger partial charge in [0, 0.05) is 37.4 Å². The number of carbonyl (C=O) groups excluding carboxylic acids is 2. The molecule has 33 heavy (non-hydrogen) atoms. The summed E-state index contributed by atoms with van der Waals surface area (Å²) in [6.07, 6.45) is 1.93. The minimum Gasteiger partial charge on any atom is -0.494 e. The number of benzene rings is 2. The van der Waals surface area contributed by atoms with Gasteiger partial charge in [0.2, 0.25) is 11.8 Å². The van der Waals surface area contributed by atoms with Gasteiger partial charge in [-0.2, -0.15) is 0 Å². The molecule has 1 heterocycles. The molecular formula is C26H35N3O4. The van der Waals surface area contributed by atoms with E-state index in [1.807, 2.05) is 62.4 Å². The fourth-order valence-corrected chi connectivity index (χ4v) is 3.76. The summed E-state index contributed by atoms with van der Waals surface area (Å²) >= 11 is 0. The number of nitrogens with zero attached hydrogens (tertiary/aromatic N) is 2. The van der Waals surface area contributed by atoms with Crippen LogP contribution in [0, 0.1) is 6.92 Å². The maximum absolute atomic E-state index is 12.5. The van der Waals surface area contributed by atoms with Crippen molar-refractivity contribution >= 4 is 23.2 Å². The lowest BCUT2D eigenvalue weighted by Crippen LogP contribution is -2.37. The van der Waals surface area contributed by atoms with Gasteiger partial charge in [0.05, 0.1) is 26.4 Å². The SMILES string of the molecule is CCN(CC(=O)Nc1ccc(N2CCOCC2)cc1)C(=O)CCCCOc1cccc(C)c1. The van der Waals surface area contributed by atoms with E-state index in [0.717, 1.165) is 61.8 Å². The normalized spacial score (nSPS) is 13.5. The lowest BCUT2D eigenvalue weighted by atomic mass is 10.2. The molecule has 0 unspecified atom stereocenters. The Kier molecular flexibility index (Phi) is 9.57. The van der Waals surface area contributed by atoms with Crippen molar-refractivity contribution in [1.82, 2.24) is 4.90 Å². The van der Waals surface area contributed by atoms with E-state index in [2.05, 4.69) is 10.2 Å². The smallest absolute Gasteiger partial charge is 0.243 e. The van der Waals surface area contributed by atoms with Crippen molar-refractivity contribution in [2.24, 2.45) is 0 Å². The fraction of sp³-hybridized carbons (Fsp3) is 0.462. The molecule has 1 fully saturated rings. The third kappa shape index (κ3) is 8.09. The van der Waals surface area contributed by atoms with Crippen LogP contribution >= 0.6 is 0 Å². The second kappa shape index (κ2) is 12.8. The number of hydrogen-bond acceptors (Lipinski definition) is 5. The Balaban J connectivity index is 1.37. The molecule has 0 radical (unpaired) electrons. The molecule has 1 aliphatic rings. The number of morpholine rings is 1. The van der Waals surface area contributed by atoms with E-state index in [0.29, 0.717) is 19.6 Å². The van der Waals surface area contributed by atoms with Gasteiger partial charge >= 0.3 is 0 Å². The van der Waals surface area contributed by atoms with E-state index < -0.39 is 0 Å². The number of unbranched alkanes of at least 4 members (excludes halogenated alkanes) is 1. The summed E-state index contributed by atoms with van der Waals surface area (Å²) in [5, 5.41) is 2.89. The van der Waals surface area contributed by atoms with Crippen LogP contribution in [0.1, 0.15) is 31.7 Å². The largest absolute Gasteiger partial charge is 0.494 e. The molecule has 0 spiro atoms. The highest BCUT2D eigenvalue weighted by Crippen LogP contribution is 2.19. The molecule has 0 saturated carbocycles. The van der Waals surface area contributed by atoms with Gasteiger partial charge in [-0.15, -0.1) is 0 Å². The van der Waals surface area contributed by atoms with Crippen LogP contribution in [0.5, 0.6) is 5.75 Å². The summed E-state index contributed by atoms with van der Waals surface area (Å²) in [6, 6.07) is 15.7. The average Bonchev–Trinajstić information content (AvgIpc) is 2.83. The standard InChI is InChI=1S/C26H35N3O4/c1-3-28(26(31)9-4-5-16-33-24-8-6-7-21(2)19-24)20-25(30)27-22-10-12-23(13-11-22)29-14-17-32-18-15-29/h6-8,10-13,19H,3-5,9,14-18,20H2,1-2H3,(H,27,30). The molecule has 1 N–H and O–H groups in total. The molecule has 0 bridgehead atoms. The van der Waals surface area contributed by atoms with Gasteiger partial charge in [-0.25, -0.2) is 0 Å². The highest BCUT2D eigenvalue weighted by Gasteiger charge is 2.16. The van der Waals surface area contributed by atoms with Crippen LogP contribution in [-0.4, -0.2) is 62.7 Å². The zero-order valence-corrected chi connectivity index (χ0v) is 19.7. The maximum Gasteiger partial charge on any atom is 0.243 e. The fourth-order valence-electron chi connectivity index (χ4n) is 3.76. The van der Waals surface area contributed by atoms with Crippen molar-refractivity contribution in [2.75, 3.05) is 56.2 Å². The van der Waals surface area contributed by atoms with Crippen molar-refractivity contribution < 1.29 is 19.1 Å². The van der Waals surface area contributed by atoms with Crippen molar-refractivity contribution in [3.8, 4) is 5.75 Å². The third-order valence-corrected chi connectivity index (χ3v) is 5.64. The Morgan fingerprint density at radius 3 is 2.55 bits per heavy atom. The Bertz CT molecular complexity index is 895. The summed E-state index contributed by atoms with van der Waals surface area (Å²) in [7, 11) is 0. The van der Waals surface area contributed by atoms with Gasteiger partial charge < -0.3 is 24.6 Å². The van der Waals surface area contributed by atoms with Gasteiger partial charge in [0.1, 0.15) is 5.75 Å². The minimum atomic E-state index is -0.188. The third-order valence-electron chi connectivity index (χ3n) is 5.64. The number of ether oxygens (including phenoxy) is 2. The van der Waals surface area contributed by atoms with Crippen molar-refractivity contribution in [1.29, 1.82) is 0 Å². The van der Waals surface area contributed by atoms with Gasteiger partial charge in [0.15, 0.2) is 0 Å². The average molecular weight is 454 g/mol. The number of nitrogens with one attached hydrogen (secondary N) is 1. The molecule has 1 saturated heterocycles. The summed E-state index contributed by atoms with van der Waals surface area (Å²) in [5.74, 6) is 0.657. The van der Waals surface area contributed by atoms with E-state index >= 15 is 0 Å². The van der Waals surface area contributed by atoms with Crippen molar-refractivity contribution in [3.63, 3.8) is 0 Å². The van der Waals surface area contributed by atoms with E-state index in [9.17, 15) is 9.59 Å². The second-order valence-electron chi connectivity index (χ2n) is 8.22. The number of rotatable bonds is 11. The van der Waals surface area contributed by atoms with E-state index in [1.54, 1.807) is 4.90 Å². The molecular weight excluding hydrogens is 418 g/mol. The summed E-state index contributed by atoms with van der Waals surface area (Å²) < 4.78 is 11.1. The lowest BCUT2D eigenvalue weighted by Gasteiger charge is -2.29. The predicted octanol–water partition coefficient (Wildman–Crippen LogP) is 3.87. The number of amides is 2. The molecule has 7 heteroatoms. The topological polar surface area (TPSA) is 71.1 Å². The van der Waals surface area contributed by atoms with Crippen LogP contribution < -0.4 is 15.0 Å². The quantitative estimate of drug-likeness (QED) is 0.523. The van der Waals surface area contributed by atoms with Crippen LogP contribution in [0.4, 0.5) is 11.4 Å². The van der Waals surface area contributed by atoms with Crippen LogP contribution in [0.25, 0.3) is 0 Å². The first kappa shape index (κ1) is 24.6. The highest BCUT2D eigenvalue weighted by atomic mass is 16.5. The molecule has 0 atom stereocenters. The first-order valence-electron chi connectivity index (χ1n) is 11.7. The lowest BCUT2D eigenvalue weighted by molar-refractivity contribution is -0.134. The van der Waals surface area contributed by atoms with Gasteiger partial charge in [0.25, 0.3) is 0 Å². The predicted molar refractivity (Wildman–Crippen MR) is 131 cm³/mol. The molecule has 2 aromatic carbocycles. The molecule has 3 rings (SSSR count). The summed E-state index contributed by atoms with van der Waals surface area (Å²) in [5.41, 5.74) is 3.01. The maximum atomic E-state index is 12.5. The van der Waals surface area contributed by atoms with E-state index in [-0.39, 0.29) is 18.4 Å². The summed E-state index contributed by atoms with van der Waals surface area (Å²) in [6.45, 7) is 8.27. The number of anilines is 2. The first-order valence-corrected chi connectivity index (χ1v) is 11.7. The Morgan fingerprint density at radius 1 is 1.09 bits per heavy atom. The number of hydrogen-bond donors (Lipinski definition) is 1. The van der Waals surface area contributed by atoms with Gasteiger partial charge in [-0.1, -0.05) is 12.1 Å². The minimum absolute atomic E-state index is 0.00845. The van der Waals surface area contributed by atoms with E-state index in [4.69, 9.17) is 9.47 Å². The Labute approximate surface area is 196 Å². The molecule has 178 valence electrons. The number of aryl methyl sites for hydroxylation is 1. The Hall–Kier alpha value is -3.06. The molecule has 0 aliphatic carbocycles. The molecule has 2 aromatic rings. The van der Waals surface area contributed by atoms with E-state index in [1.165, 1.54) is 0 Å². The van der Waals surface area contributed by atoms with Gasteiger partial charge in [-0.3, -0.25) is 9.59 Å². The summed E-state index contributed by atoms with van der Waals surface area (Å²) in [4.78, 5) is 28.9.